The molecule has 0 atom stereocenters. The third-order valence-corrected chi connectivity index (χ3v) is 5.66. The van der Waals surface area contributed by atoms with E-state index in [1.54, 1.807) is 0 Å². The summed E-state index contributed by atoms with van der Waals surface area (Å²) < 4.78 is 0. The zero-order chi connectivity index (χ0) is 16.3. The number of hydrogen-bond donors (Lipinski definition) is 1. The molecule has 0 aliphatic carbocycles. The zero-order valence-corrected chi connectivity index (χ0v) is 16.9. The predicted molar refractivity (Wildman–Crippen MR) is 106 cm³/mol. The van der Waals surface area contributed by atoms with Crippen molar-refractivity contribution in [2.24, 2.45) is 4.99 Å². The number of amidine groups is 1. The van der Waals surface area contributed by atoms with Gasteiger partial charge in [0.05, 0.1) is 5.84 Å². The summed E-state index contributed by atoms with van der Waals surface area (Å²) in [4.78, 5) is 4.83. The van der Waals surface area contributed by atoms with Gasteiger partial charge in [0.1, 0.15) is 0 Å². The fourth-order valence-electron chi connectivity index (χ4n) is 2.48. The predicted octanol–water partition coefficient (Wildman–Crippen LogP) is 5.04. The molecule has 0 heterocycles. The van der Waals surface area contributed by atoms with Crippen LogP contribution in [0.4, 0.5) is 0 Å². The Morgan fingerprint density at radius 3 is 2.36 bits per heavy atom. The zero-order valence-electron chi connectivity index (χ0n) is 15.5. The fraction of sp³-hybridized carbons (Fsp3) is 0.842. The van der Waals surface area contributed by atoms with Gasteiger partial charge < -0.3 is 5.32 Å². The minimum atomic E-state index is 0.0441. The summed E-state index contributed by atoms with van der Waals surface area (Å²) in [7, 11) is 0.0441. The number of nitrogens with zero attached hydrogens (tertiary/aromatic N) is 1. The largest absolute Gasteiger partial charge is 0.374 e. The van der Waals surface area contributed by atoms with Crippen molar-refractivity contribution in [1.82, 2.24) is 5.32 Å². The van der Waals surface area contributed by atoms with Crippen LogP contribution in [-0.2, 0) is 0 Å². The maximum Gasteiger partial charge on any atom is 0.0962 e. The second-order valence-electron chi connectivity index (χ2n) is 6.19. The van der Waals surface area contributed by atoms with Crippen molar-refractivity contribution in [3.8, 4) is 0 Å². The quantitative estimate of drug-likeness (QED) is 0.194. The van der Waals surface area contributed by atoms with Gasteiger partial charge in [-0.05, 0) is 26.2 Å². The van der Waals surface area contributed by atoms with Crippen molar-refractivity contribution in [2.45, 2.75) is 91.0 Å². The summed E-state index contributed by atoms with van der Waals surface area (Å²) in [6, 6.07) is 1.41. The van der Waals surface area contributed by atoms with Crippen LogP contribution in [0.1, 0.15) is 85.0 Å². The van der Waals surface area contributed by atoms with Crippen LogP contribution < -0.4 is 5.32 Å². The molecule has 0 fully saturated rings. The lowest BCUT2D eigenvalue weighted by Crippen LogP contribution is -2.25. The average molecular weight is 325 g/mol. The summed E-state index contributed by atoms with van der Waals surface area (Å²) in [6.07, 6.45) is 15.2. The van der Waals surface area contributed by atoms with Crippen LogP contribution in [-0.4, -0.2) is 28.4 Å². The van der Waals surface area contributed by atoms with Gasteiger partial charge in [0.25, 0.3) is 0 Å². The number of aliphatic imine (C=N–C) groups is 1. The molecular formula is C19H40N2Si. The van der Waals surface area contributed by atoms with Crippen molar-refractivity contribution in [3.05, 3.63) is 11.8 Å². The van der Waals surface area contributed by atoms with Crippen molar-refractivity contribution >= 4 is 15.4 Å². The second-order valence-corrected chi connectivity index (χ2v) is 7.95. The molecule has 0 saturated carbocycles. The van der Waals surface area contributed by atoms with Gasteiger partial charge >= 0.3 is 0 Å². The van der Waals surface area contributed by atoms with Crippen LogP contribution in [0.15, 0.2) is 16.8 Å². The van der Waals surface area contributed by atoms with Gasteiger partial charge in [-0.25, -0.2) is 0 Å². The van der Waals surface area contributed by atoms with E-state index in [2.05, 4.69) is 37.9 Å². The minimum Gasteiger partial charge on any atom is -0.374 e. The van der Waals surface area contributed by atoms with E-state index in [0.29, 0.717) is 0 Å². The highest BCUT2D eigenvalue weighted by Crippen LogP contribution is 2.02. The number of hydrogen-bond acceptors (Lipinski definition) is 1. The standard InChI is InChI=1S/C19H40N2Si/c1-4-7-9-11-15-20-19(14-13-18-22-17-6-3)21-16-12-10-8-5-2/h6,17H,4-5,7-16,18,22H2,1-3H3,(H,20,21). The lowest BCUT2D eigenvalue weighted by atomic mass is 10.2. The van der Waals surface area contributed by atoms with Crippen molar-refractivity contribution in [1.29, 1.82) is 0 Å². The highest BCUT2D eigenvalue weighted by Gasteiger charge is 1.99. The monoisotopic (exact) mass is 324 g/mol. The molecule has 130 valence electrons. The molecule has 1 N–H and O–H groups in total. The minimum absolute atomic E-state index is 0.0441. The third-order valence-electron chi connectivity index (χ3n) is 3.94. The average Bonchev–Trinajstić information content (AvgIpc) is 2.53. The van der Waals surface area contributed by atoms with E-state index in [4.69, 9.17) is 4.99 Å². The highest BCUT2D eigenvalue weighted by atomic mass is 28.2. The molecule has 0 bridgehead atoms. The Labute approximate surface area is 142 Å². The van der Waals surface area contributed by atoms with Crippen molar-refractivity contribution in [3.63, 3.8) is 0 Å². The first kappa shape index (κ1) is 21.4. The normalized spacial score (nSPS) is 12.8. The molecule has 0 radical (unpaired) electrons. The molecule has 0 aromatic rings. The first-order valence-electron chi connectivity index (χ1n) is 9.73. The summed E-state index contributed by atoms with van der Waals surface area (Å²) in [6.45, 7) is 8.80. The molecule has 3 heteroatoms. The Morgan fingerprint density at radius 2 is 1.68 bits per heavy atom. The molecule has 0 aromatic carbocycles. The van der Waals surface area contributed by atoms with E-state index in [1.165, 1.54) is 69.7 Å². The molecule has 0 saturated heterocycles. The van der Waals surface area contributed by atoms with Crippen LogP contribution in [0.2, 0.25) is 6.04 Å². The van der Waals surface area contributed by atoms with Crippen LogP contribution in [0, 0.1) is 0 Å². The Kier molecular flexibility index (Phi) is 18.0. The maximum atomic E-state index is 4.83. The number of unbranched alkanes of at least 4 members (excludes halogenated alkanes) is 6. The summed E-state index contributed by atoms with van der Waals surface area (Å²) in [5, 5.41) is 3.61. The Morgan fingerprint density at radius 1 is 0.955 bits per heavy atom. The van der Waals surface area contributed by atoms with E-state index in [-0.39, 0.29) is 9.52 Å². The lowest BCUT2D eigenvalue weighted by Gasteiger charge is -2.10. The smallest absolute Gasteiger partial charge is 0.0962 e. The Balaban J connectivity index is 3.93. The first-order chi connectivity index (χ1) is 10.8. The maximum absolute atomic E-state index is 4.83. The SMILES string of the molecule is CC=C[SiH2]CCCC(=NCCCCCC)NCCCCCC. The van der Waals surface area contributed by atoms with Gasteiger partial charge in [-0.1, -0.05) is 64.5 Å². The van der Waals surface area contributed by atoms with Crippen molar-refractivity contribution in [2.75, 3.05) is 13.1 Å². The molecular weight excluding hydrogens is 284 g/mol. The van der Waals surface area contributed by atoms with E-state index < -0.39 is 0 Å². The van der Waals surface area contributed by atoms with E-state index >= 15 is 0 Å². The van der Waals surface area contributed by atoms with Gasteiger partial charge in [0.15, 0.2) is 0 Å². The molecule has 0 rings (SSSR count). The van der Waals surface area contributed by atoms with Crippen molar-refractivity contribution < 1.29 is 0 Å². The molecule has 22 heavy (non-hydrogen) atoms. The number of nitrogens with one attached hydrogen (secondary N) is 1. The highest BCUT2D eigenvalue weighted by molar-refractivity contribution is 6.41. The molecule has 2 nitrogen and oxygen atoms in total. The van der Waals surface area contributed by atoms with Gasteiger partial charge in [0, 0.05) is 29.0 Å². The van der Waals surface area contributed by atoms with Gasteiger partial charge in [0.2, 0.25) is 0 Å². The van der Waals surface area contributed by atoms with Crippen LogP contribution in [0.3, 0.4) is 0 Å². The lowest BCUT2D eigenvalue weighted by molar-refractivity contribution is 0.646. The van der Waals surface area contributed by atoms with E-state index in [1.807, 2.05) is 0 Å². The number of allylic oxidation sites excluding steroid dienone is 1. The van der Waals surface area contributed by atoms with Crippen LogP contribution >= 0.6 is 0 Å². The number of rotatable bonds is 15. The second kappa shape index (κ2) is 18.5. The van der Waals surface area contributed by atoms with Gasteiger partial charge in [-0.2, -0.15) is 0 Å². The Hall–Kier alpha value is -0.573. The molecule has 0 aromatic heterocycles. The van der Waals surface area contributed by atoms with E-state index in [9.17, 15) is 0 Å². The van der Waals surface area contributed by atoms with E-state index in [0.717, 1.165) is 19.5 Å². The first-order valence-corrected chi connectivity index (χ1v) is 11.5. The molecule has 0 spiro atoms. The molecule has 0 unspecified atom stereocenters. The molecule has 0 amide bonds. The summed E-state index contributed by atoms with van der Waals surface area (Å²) in [5.41, 5.74) is 2.40. The van der Waals surface area contributed by atoms with Crippen LogP contribution in [0.25, 0.3) is 0 Å². The molecule has 0 aliphatic rings. The Bertz CT molecular complexity index is 275. The van der Waals surface area contributed by atoms with Gasteiger partial charge in [-0.3, -0.25) is 4.99 Å². The summed E-state index contributed by atoms with van der Waals surface area (Å²) in [5.74, 6) is 1.28. The van der Waals surface area contributed by atoms with Gasteiger partial charge in [-0.15, -0.1) is 5.70 Å². The van der Waals surface area contributed by atoms with Crippen LogP contribution in [0.5, 0.6) is 0 Å². The topological polar surface area (TPSA) is 24.4 Å². The summed E-state index contributed by atoms with van der Waals surface area (Å²) >= 11 is 0. The molecule has 0 aliphatic heterocycles. The fourth-order valence-corrected chi connectivity index (χ4v) is 3.59. The third kappa shape index (κ3) is 15.8.